The minimum Gasteiger partial charge on any atom is -0.328 e. The molecule has 1 N–H and O–H groups in total. The molecule has 0 aliphatic heterocycles. The lowest BCUT2D eigenvalue weighted by Gasteiger charge is -2.05. The van der Waals surface area contributed by atoms with Crippen molar-refractivity contribution in [3.05, 3.63) is 57.5 Å². The number of hydrogen-bond donors (Lipinski definition) is 1. The monoisotopic (exact) mass is 230 g/mol. The topological polar surface area (TPSA) is 56.6 Å². The van der Waals surface area contributed by atoms with E-state index in [1.54, 1.807) is 18.2 Å². The number of aromatic nitrogens is 1. The number of halogens is 1. The van der Waals surface area contributed by atoms with E-state index in [1.165, 1.54) is 12.3 Å². The van der Waals surface area contributed by atoms with E-state index in [0.717, 1.165) is 0 Å². The third kappa shape index (κ3) is 1.83. The molecule has 1 aromatic heterocycles. The Kier molecular flexibility index (Phi) is 2.76. The van der Waals surface area contributed by atoms with Gasteiger partial charge in [0.25, 0.3) is 0 Å². The van der Waals surface area contributed by atoms with E-state index in [-0.39, 0.29) is 5.56 Å². The molecule has 16 heavy (non-hydrogen) atoms. The van der Waals surface area contributed by atoms with Crippen LogP contribution < -0.4 is 5.56 Å². The van der Waals surface area contributed by atoms with Crippen LogP contribution in [0.25, 0.3) is 11.1 Å². The summed E-state index contributed by atoms with van der Waals surface area (Å²) in [6, 6.07) is 10.5. The van der Waals surface area contributed by atoms with Gasteiger partial charge in [0.15, 0.2) is 0 Å². The van der Waals surface area contributed by atoms with Crippen molar-refractivity contribution in [2.75, 3.05) is 0 Å². The van der Waals surface area contributed by atoms with Crippen LogP contribution in [0.1, 0.15) is 5.56 Å². The SMILES string of the molecule is N#Cc1c[nH]c(=O)cc1-c1ccccc1Cl. The van der Waals surface area contributed by atoms with Crippen LogP contribution in [0, 0.1) is 11.3 Å². The highest BCUT2D eigenvalue weighted by Crippen LogP contribution is 2.28. The van der Waals surface area contributed by atoms with Gasteiger partial charge >= 0.3 is 0 Å². The Morgan fingerprint density at radius 1 is 1.25 bits per heavy atom. The molecule has 0 radical (unpaired) electrons. The Labute approximate surface area is 96.9 Å². The highest BCUT2D eigenvalue weighted by atomic mass is 35.5. The zero-order valence-electron chi connectivity index (χ0n) is 8.20. The average molecular weight is 231 g/mol. The number of nitrogens with one attached hydrogen (secondary N) is 1. The molecule has 0 spiro atoms. The summed E-state index contributed by atoms with van der Waals surface area (Å²) in [6.07, 6.45) is 1.39. The van der Waals surface area contributed by atoms with Gasteiger partial charge in [0.2, 0.25) is 5.56 Å². The van der Waals surface area contributed by atoms with Gasteiger partial charge in [-0.05, 0) is 6.07 Å². The van der Waals surface area contributed by atoms with Crippen molar-refractivity contribution in [3.8, 4) is 17.2 Å². The van der Waals surface area contributed by atoms with Crippen LogP contribution in [0.3, 0.4) is 0 Å². The van der Waals surface area contributed by atoms with Gasteiger partial charge in [-0.1, -0.05) is 29.8 Å². The lowest BCUT2D eigenvalue weighted by atomic mass is 10.0. The summed E-state index contributed by atoms with van der Waals surface area (Å²) in [4.78, 5) is 13.7. The number of aromatic amines is 1. The molecule has 1 heterocycles. The zero-order chi connectivity index (χ0) is 11.5. The van der Waals surface area contributed by atoms with Crippen molar-refractivity contribution in [2.45, 2.75) is 0 Å². The molecule has 0 aliphatic carbocycles. The van der Waals surface area contributed by atoms with Crippen molar-refractivity contribution in [1.29, 1.82) is 5.26 Å². The van der Waals surface area contributed by atoms with Crippen molar-refractivity contribution in [3.63, 3.8) is 0 Å². The van der Waals surface area contributed by atoms with Crippen LogP contribution in [0.2, 0.25) is 5.02 Å². The van der Waals surface area contributed by atoms with Crippen molar-refractivity contribution < 1.29 is 0 Å². The van der Waals surface area contributed by atoms with Crippen molar-refractivity contribution in [2.24, 2.45) is 0 Å². The number of benzene rings is 1. The van der Waals surface area contributed by atoms with Gasteiger partial charge < -0.3 is 4.98 Å². The quantitative estimate of drug-likeness (QED) is 0.819. The molecule has 0 saturated heterocycles. The minimum atomic E-state index is -0.256. The number of pyridine rings is 1. The normalized spacial score (nSPS) is 9.75. The van der Waals surface area contributed by atoms with Crippen LogP contribution in [-0.4, -0.2) is 4.98 Å². The first-order chi connectivity index (χ1) is 7.72. The van der Waals surface area contributed by atoms with Crippen molar-refractivity contribution >= 4 is 11.6 Å². The minimum absolute atomic E-state index is 0.256. The lowest BCUT2D eigenvalue weighted by Crippen LogP contribution is -2.04. The third-order valence-electron chi connectivity index (χ3n) is 2.21. The second-order valence-electron chi connectivity index (χ2n) is 3.22. The molecule has 78 valence electrons. The largest absolute Gasteiger partial charge is 0.328 e. The van der Waals surface area contributed by atoms with Gasteiger partial charge in [0.1, 0.15) is 6.07 Å². The standard InChI is InChI=1S/C12H7ClN2O/c13-11-4-2-1-3-9(11)10-5-12(16)15-7-8(10)6-14/h1-5,7H,(H,15,16). The molecule has 2 rings (SSSR count). The Morgan fingerprint density at radius 2 is 2.00 bits per heavy atom. The van der Waals surface area contributed by atoms with Gasteiger partial charge in [-0.15, -0.1) is 0 Å². The van der Waals surface area contributed by atoms with E-state index in [1.807, 2.05) is 12.1 Å². The molecule has 3 nitrogen and oxygen atoms in total. The second-order valence-corrected chi connectivity index (χ2v) is 3.62. The fourth-order valence-corrected chi connectivity index (χ4v) is 1.70. The summed E-state index contributed by atoms with van der Waals surface area (Å²) in [7, 11) is 0. The summed E-state index contributed by atoms with van der Waals surface area (Å²) in [6.45, 7) is 0. The second kappa shape index (κ2) is 4.21. The molecule has 0 aliphatic rings. The summed E-state index contributed by atoms with van der Waals surface area (Å²) in [5, 5.41) is 9.46. The summed E-state index contributed by atoms with van der Waals surface area (Å²) < 4.78 is 0. The third-order valence-corrected chi connectivity index (χ3v) is 2.54. The predicted octanol–water partition coefficient (Wildman–Crippen LogP) is 2.57. The van der Waals surface area contributed by atoms with Crippen LogP contribution in [0.4, 0.5) is 0 Å². The van der Waals surface area contributed by atoms with E-state index in [4.69, 9.17) is 16.9 Å². The number of rotatable bonds is 1. The van der Waals surface area contributed by atoms with Crippen LogP contribution >= 0.6 is 11.6 Å². The molecular formula is C12H7ClN2O. The molecule has 0 fully saturated rings. The molecule has 0 atom stereocenters. The molecule has 2 aromatic rings. The fraction of sp³-hybridized carbons (Fsp3) is 0. The first kappa shape index (κ1) is 10.5. The van der Waals surface area contributed by atoms with Gasteiger partial charge in [-0.3, -0.25) is 4.79 Å². The van der Waals surface area contributed by atoms with Gasteiger partial charge in [-0.2, -0.15) is 5.26 Å². The molecule has 0 saturated carbocycles. The molecule has 4 heteroatoms. The van der Waals surface area contributed by atoms with E-state index in [0.29, 0.717) is 21.7 Å². The average Bonchev–Trinajstić information content (AvgIpc) is 2.29. The van der Waals surface area contributed by atoms with E-state index in [2.05, 4.69) is 4.98 Å². The summed E-state index contributed by atoms with van der Waals surface area (Å²) in [5.74, 6) is 0. The van der Waals surface area contributed by atoms with Crippen LogP contribution in [0.15, 0.2) is 41.3 Å². The molecule has 1 aromatic carbocycles. The number of H-pyrrole nitrogens is 1. The van der Waals surface area contributed by atoms with Crippen LogP contribution in [-0.2, 0) is 0 Å². The molecule has 0 unspecified atom stereocenters. The summed E-state index contributed by atoms with van der Waals surface area (Å²) in [5.41, 5.74) is 1.38. The molecular weight excluding hydrogens is 224 g/mol. The molecule has 0 bridgehead atoms. The van der Waals surface area contributed by atoms with Crippen LogP contribution in [0.5, 0.6) is 0 Å². The first-order valence-electron chi connectivity index (χ1n) is 4.60. The first-order valence-corrected chi connectivity index (χ1v) is 4.98. The Balaban J connectivity index is 2.74. The van der Waals surface area contributed by atoms with E-state index in [9.17, 15) is 4.79 Å². The highest BCUT2D eigenvalue weighted by Gasteiger charge is 2.08. The number of nitrogens with zero attached hydrogens (tertiary/aromatic N) is 1. The highest BCUT2D eigenvalue weighted by molar-refractivity contribution is 6.33. The Bertz CT molecular complexity index is 625. The number of nitriles is 1. The van der Waals surface area contributed by atoms with Gasteiger partial charge in [0, 0.05) is 28.4 Å². The number of hydrogen-bond acceptors (Lipinski definition) is 2. The predicted molar refractivity (Wildman–Crippen MR) is 62.2 cm³/mol. The lowest BCUT2D eigenvalue weighted by molar-refractivity contribution is 1.22. The Hall–Kier alpha value is -2.05. The smallest absolute Gasteiger partial charge is 0.248 e. The van der Waals surface area contributed by atoms with E-state index >= 15 is 0 Å². The maximum atomic E-state index is 11.2. The zero-order valence-corrected chi connectivity index (χ0v) is 8.95. The maximum absolute atomic E-state index is 11.2. The van der Waals surface area contributed by atoms with E-state index < -0.39 is 0 Å². The molecule has 0 amide bonds. The maximum Gasteiger partial charge on any atom is 0.248 e. The fourth-order valence-electron chi connectivity index (χ4n) is 1.47. The van der Waals surface area contributed by atoms with Crippen molar-refractivity contribution in [1.82, 2.24) is 4.98 Å². The Morgan fingerprint density at radius 3 is 2.69 bits per heavy atom. The summed E-state index contributed by atoms with van der Waals surface area (Å²) >= 11 is 6.02. The van der Waals surface area contributed by atoms with Gasteiger partial charge in [-0.25, -0.2) is 0 Å². The van der Waals surface area contributed by atoms with Gasteiger partial charge in [0.05, 0.1) is 5.56 Å².